The summed E-state index contributed by atoms with van der Waals surface area (Å²) in [4.78, 5) is 27.4. The summed E-state index contributed by atoms with van der Waals surface area (Å²) in [6.07, 6.45) is 3.44. The SMILES string of the molecule is CC(C)N(C)CCCCNC(=O)c1ccc(=O)[nH]c1. The van der Waals surface area contributed by atoms with E-state index in [2.05, 4.69) is 36.1 Å². The summed E-state index contributed by atoms with van der Waals surface area (Å²) in [5, 5.41) is 2.84. The minimum atomic E-state index is -0.201. The van der Waals surface area contributed by atoms with E-state index < -0.39 is 0 Å². The molecular weight excluding hydrogens is 242 g/mol. The molecule has 1 rings (SSSR count). The molecule has 2 N–H and O–H groups in total. The second-order valence-corrected chi connectivity index (χ2v) is 4.98. The highest BCUT2D eigenvalue weighted by molar-refractivity contribution is 5.93. The van der Waals surface area contributed by atoms with Crippen LogP contribution in [0.3, 0.4) is 0 Å². The molecule has 0 spiro atoms. The average Bonchev–Trinajstić information content (AvgIpc) is 2.38. The molecule has 0 aliphatic heterocycles. The van der Waals surface area contributed by atoms with E-state index in [0.29, 0.717) is 18.2 Å². The Morgan fingerprint density at radius 1 is 1.37 bits per heavy atom. The summed E-state index contributed by atoms with van der Waals surface area (Å²) in [6.45, 7) is 6.02. The van der Waals surface area contributed by atoms with E-state index in [-0.39, 0.29) is 11.5 Å². The molecule has 1 amide bonds. The maximum Gasteiger partial charge on any atom is 0.252 e. The first-order chi connectivity index (χ1) is 9.00. The summed E-state index contributed by atoms with van der Waals surface area (Å²) in [5.41, 5.74) is 0.284. The van der Waals surface area contributed by atoms with Crippen LogP contribution in [0, 0.1) is 0 Å². The summed E-state index contributed by atoms with van der Waals surface area (Å²) in [5.74, 6) is -0.145. The highest BCUT2D eigenvalue weighted by atomic mass is 16.1. The number of carbonyl (C=O) groups is 1. The van der Waals surface area contributed by atoms with Crippen LogP contribution < -0.4 is 10.9 Å². The van der Waals surface area contributed by atoms with Gasteiger partial charge in [0.1, 0.15) is 0 Å². The topological polar surface area (TPSA) is 65.2 Å². The average molecular weight is 265 g/mol. The number of pyridine rings is 1. The number of aromatic nitrogens is 1. The van der Waals surface area contributed by atoms with Crippen molar-refractivity contribution in [2.45, 2.75) is 32.7 Å². The molecule has 5 heteroatoms. The number of H-pyrrole nitrogens is 1. The van der Waals surface area contributed by atoms with Crippen molar-refractivity contribution >= 4 is 5.91 Å². The number of carbonyl (C=O) groups excluding carboxylic acids is 1. The van der Waals surface area contributed by atoms with Gasteiger partial charge in [-0.3, -0.25) is 9.59 Å². The van der Waals surface area contributed by atoms with E-state index in [1.165, 1.54) is 18.3 Å². The van der Waals surface area contributed by atoms with Crippen molar-refractivity contribution in [3.63, 3.8) is 0 Å². The Kier molecular flexibility index (Phi) is 6.29. The molecule has 5 nitrogen and oxygen atoms in total. The Morgan fingerprint density at radius 3 is 2.68 bits per heavy atom. The first kappa shape index (κ1) is 15.4. The molecule has 1 aromatic heterocycles. The second-order valence-electron chi connectivity index (χ2n) is 4.98. The van der Waals surface area contributed by atoms with Crippen LogP contribution in [0.1, 0.15) is 37.0 Å². The third kappa shape index (κ3) is 5.70. The standard InChI is InChI=1S/C14H23N3O2/c1-11(2)17(3)9-5-4-8-15-14(19)12-6-7-13(18)16-10-12/h6-7,10-11H,4-5,8-9H2,1-3H3,(H,15,19)(H,16,18). The summed E-state index contributed by atoms with van der Waals surface area (Å²) in [6, 6.07) is 3.43. The van der Waals surface area contributed by atoms with Gasteiger partial charge in [0, 0.05) is 24.8 Å². The van der Waals surface area contributed by atoms with Crippen molar-refractivity contribution in [1.29, 1.82) is 0 Å². The molecule has 0 aliphatic rings. The monoisotopic (exact) mass is 265 g/mol. The minimum Gasteiger partial charge on any atom is -0.352 e. The third-order valence-electron chi connectivity index (χ3n) is 3.15. The number of nitrogens with zero attached hydrogens (tertiary/aromatic N) is 1. The van der Waals surface area contributed by atoms with E-state index in [9.17, 15) is 9.59 Å². The van der Waals surface area contributed by atoms with Crippen molar-refractivity contribution < 1.29 is 4.79 Å². The van der Waals surface area contributed by atoms with Crippen LogP contribution in [0.5, 0.6) is 0 Å². The van der Waals surface area contributed by atoms with Gasteiger partial charge in [0.25, 0.3) is 5.91 Å². The Hall–Kier alpha value is -1.62. The van der Waals surface area contributed by atoms with Crippen LogP contribution in [-0.4, -0.2) is 42.0 Å². The lowest BCUT2D eigenvalue weighted by Gasteiger charge is -2.20. The molecule has 0 saturated carbocycles. The smallest absolute Gasteiger partial charge is 0.252 e. The lowest BCUT2D eigenvalue weighted by atomic mass is 10.2. The van der Waals surface area contributed by atoms with E-state index in [4.69, 9.17) is 0 Å². The van der Waals surface area contributed by atoms with Crippen molar-refractivity contribution in [3.05, 3.63) is 34.2 Å². The minimum absolute atomic E-state index is 0.145. The number of amides is 1. The maximum atomic E-state index is 11.7. The first-order valence-corrected chi connectivity index (χ1v) is 6.68. The van der Waals surface area contributed by atoms with Crippen molar-refractivity contribution in [3.8, 4) is 0 Å². The van der Waals surface area contributed by atoms with Gasteiger partial charge < -0.3 is 15.2 Å². The molecule has 1 aromatic rings. The normalized spacial score (nSPS) is 11.0. The Bertz CT molecular complexity index is 434. The quantitative estimate of drug-likeness (QED) is 0.729. The van der Waals surface area contributed by atoms with Gasteiger partial charge in [0.15, 0.2) is 0 Å². The lowest BCUT2D eigenvalue weighted by Crippen LogP contribution is -2.29. The van der Waals surface area contributed by atoms with Crippen molar-refractivity contribution in [2.75, 3.05) is 20.1 Å². The number of unbranched alkanes of at least 4 members (excludes halogenated alkanes) is 1. The van der Waals surface area contributed by atoms with Gasteiger partial charge in [-0.05, 0) is 46.3 Å². The highest BCUT2D eigenvalue weighted by Gasteiger charge is 2.05. The maximum absolute atomic E-state index is 11.7. The Morgan fingerprint density at radius 2 is 2.11 bits per heavy atom. The van der Waals surface area contributed by atoms with Gasteiger partial charge in [-0.2, -0.15) is 0 Å². The Labute approximate surface area is 114 Å². The molecule has 0 fully saturated rings. The molecule has 0 aromatic carbocycles. The van der Waals surface area contributed by atoms with Crippen LogP contribution in [0.15, 0.2) is 23.1 Å². The van der Waals surface area contributed by atoms with E-state index in [0.717, 1.165) is 19.4 Å². The van der Waals surface area contributed by atoms with Gasteiger partial charge in [-0.15, -0.1) is 0 Å². The van der Waals surface area contributed by atoms with Crippen LogP contribution in [0.2, 0.25) is 0 Å². The van der Waals surface area contributed by atoms with Gasteiger partial charge >= 0.3 is 0 Å². The third-order valence-corrected chi connectivity index (χ3v) is 3.15. The number of aromatic amines is 1. The van der Waals surface area contributed by atoms with Crippen LogP contribution in [0.25, 0.3) is 0 Å². The summed E-state index contributed by atoms with van der Waals surface area (Å²) < 4.78 is 0. The molecule has 0 unspecified atom stereocenters. The predicted octanol–water partition coefficient (Wildman–Crippen LogP) is 1.23. The molecule has 0 bridgehead atoms. The van der Waals surface area contributed by atoms with E-state index in [1.807, 2.05) is 0 Å². The number of hydrogen-bond acceptors (Lipinski definition) is 3. The molecule has 0 saturated heterocycles. The molecule has 0 aliphatic carbocycles. The lowest BCUT2D eigenvalue weighted by molar-refractivity contribution is 0.0952. The molecule has 0 radical (unpaired) electrons. The summed E-state index contributed by atoms with van der Waals surface area (Å²) in [7, 11) is 2.10. The molecule has 106 valence electrons. The predicted molar refractivity (Wildman–Crippen MR) is 76.4 cm³/mol. The fourth-order valence-corrected chi connectivity index (χ4v) is 1.60. The fourth-order valence-electron chi connectivity index (χ4n) is 1.60. The molecule has 1 heterocycles. The van der Waals surface area contributed by atoms with Gasteiger partial charge in [-0.25, -0.2) is 0 Å². The molecule has 0 atom stereocenters. The zero-order valence-corrected chi connectivity index (χ0v) is 11.9. The van der Waals surface area contributed by atoms with Crippen LogP contribution >= 0.6 is 0 Å². The number of hydrogen-bond donors (Lipinski definition) is 2. The fraction of sp³-hybridized carbons (Fsp3) is 0.571. The highest BCUT2D eigenvalue weighted by Crippen LogP contribution is 1.98. The van der Waals surface area contributed by atoms with Crippen LogP contribution in [0.4, 0.5) is 0 Å². The number of rotatable bonds is 7. The van der Waals surface area contributed by atoms with E-state index in [1.54, 1.807) is 0 Å². The van der Waals surface area contributed by atoms with Gasteiger partial charge in [0.05, 0.1) is 5.56 Å². The van der Waals surface area contributed by atoms with E-state index >= 15 is 0 Å². The molecule has 19 heavy (non-hydrogen) atoms. The van der Waals surface area contributed by atoms with Crippen LogP contribution in [-0.2, 0) is 0 Å². The van der Waals surface area contributed by atoms with Gasteiger partial charge in [0.2, 0.25) is 5.56 Å². The first-order valence-electron chi connectivity index (χ1n) is 6.68. The van der Waals surface area contributed by atoms with Crippen molar-refractivity contribution in [2.24, 2.45) is 0 Å². The molecular formula is C14H23N3O2. The van der Waals surface area contributed by atoms with Gasteiger partial charge in [-0.1, -0.05) is 0 Å². The largest absolute Gasteiger partial charge is 0.352 e. The Balaban J connectivity index is 2.21. The second kappa shape index (κ2) is 7.74. The zero-order chi connectivity index (χ0) is 14.3. The zero-order valence-electron chi connectivity index (χ0n) is 11.9. The summed E-state index contributed by atoms with van der Waals surface area (Å²) >= 11 is 0. The number of nitrogens with one attached hydrogen (secondary N) is 2. The van der Waals surface area contributed by atoms with Crippen molar-refractivity contribution in [1.82, 2.24) is 15.2 Å².